The maximum atomic E-state index is 11.6. The van der Waals surface area contributed by atoms with Crippen molar-refractivity contribution < 1.29 is 19.7 Å². The Hall–Kier alpha value is -2.21. The molecular formula is C22H29NO4. The molecule has 2 aromatic carbocycles. The molecule has 0 aliphatic carbocycles. The Morgan fingerprint density at radius 1 is 1.07 bits per heavy atom. The summed E-state index contributed by atoms with van der Waals surface area (Å²) < 4.78 is 5.63. The van der Waals surface area contributed by atoms with Gasteiger partial charge in [0, 0.05) is 31.6 Å². The third-order valence-electron chi connectivity index (χ3n) is 4.38. The average molecular weight is 371 g/mol. The molecule has 146 valence electrons. The standard InChI is InChI=1S/C22H29NO4/c1-2-22(26)19-8-10-21(11-9-19)27-17-20(25)16-23(14-15-24)13-12-18-6-4-3-5-7-18/h3-11,20,24-25H,2,12-17H2,1H3. The Morgan fingerprint density at radius 3 is 2.41 bits per heavy atom. The molecule has 0 saturated heterocycles. The van der Waals surface area contributed by atoms with E-state index >= 15 is 0 Å². The number of aliphatic hydroxyl groups excluding tert-OH is 2. The second-order valence-electron chi connectivity index (χ2n) is 6.53. The second kappa shape index (κ2) is 11.5. The first-order chi connectivity index (χ1) is 13.1. The maximum absolute atomic E-state index is 11.6. The van der Waals surface area contributed by atoms with Crippen molar-refractivity contribution >= 4 is 5.78 Å². The van der Waals surface area contributed by atoms with E-state index in [9.17, 15) is 15.0 Å². The van der Waals surface area contributed by atoms with Crippen molar-refractivity contribution in [1.29, 1.82) is 0 Å². The molecular weight excluding hydrogens is 342 g/mol. The minimum atomic E-state index is -0.663. The molecule has 0 bridgehead atoms. The topological polar surface area (TPSA) is 70.0 Å². The summed E-state index contributed by atoms with van der Waals surface area (Å²) >= 11 is 0. The molecule has 5 heteroatoms. The van der Waals surface area contributed by atoms with Crippen molar-refractivity contribution in [2.45, 2.75) is 25.9 Å². The fraction of sp³-hybridized carbons (Fsp3) is 0.409. The van der Waals surface area contributed by atoms with Gasteiger partial charge in [0.15, 0.2) is 5.78 Å². The number of ether oxygens (including phenoxy) is 1. The fourth-order valence-corrected chi connectivity index (χ4v) is 2.85. The van der Waals surface area contributed by atoms with E-state index in [1.165, 1.54) is 5.56 Å². The van der Waals surface area contributed by atoms with Crippen molar-refractivity contribution in [2.75, 3.05) is 32.8 Å². The lowest BCUT2D eigenvalue weighted by atomic mass is 10.1. The average Bonchev–Trinajstić information content (AvgIpc) is 2.71. The van der Waals surface area contributed by atoms with Gasteiger partial charge in [-0.3, -0.25) is 9.69 Å². The lowest BCUT2D eigenvalue weighted by Gasteiger charge is -2.24. The van der Waals surface area contributed by atoms with E-state index in [1.807, 2.05) is 30.0 Å². The SMILES string of the molecule is CCC(=O)c1ccc(OCC(O)CN(CCO)CCc2ccccc2)cc1. The summed E-state index contributed by atoms with van der Waals surface area (Å²) in [6.45, 7) is 3.75. The molecule has 0 spiro atoms. The minimum absolute atomic E-state index is 0.0509. The van der Waals surface area contributed by atoms with Crippen LogP contribution in [0.1, 0.15) is 29.3 Å². The number of benzene rings is 2. The number of hydrogen-bond acceptors (Lipinski definition) is 5. The Balaban J connectivity index is 1.79. The Morgan fingerprint density at radius 2 is 1.78 bits per heavy atom. The summed E-state index contributed by atoms with van der Waals surface area (Å²) in [6, 6.07) is 17.1. The third-order valence-corrected chi connectivity index (χ3v) is 4.38. The number of rotatable bonds is 12. The molecule has 0 radical (unpaired) electrons. The van der Waals surface area contributed by atoms with Gasteiger partial charge in [-0.05, 0) is 36.2 Å². The number of nitrogens with zero attached hydrogens (tertiary/aromatic N) is 1. The van der Waals surface area contributed by atoms with Gasteiger partial charge in [0.2, 0.25) is 0 Å². The van der Waals surface area contributed by atoms with Gasteiger partial charge in [0.05, 0.1) is 6.61 Å². The van der Waals surface area contributed by atoms with Gasteiger partial charge in [-0.1, -0.05) is 37.3 Å². The molecule has 0 aromatic heterocycles. The monoisotopic (exact) mass is 371 g/mol. The molecule has 2 rings (SSSR count). The van der Waals surface area contributed by atoms with Crippen molar-refractivity contribution in [3.63, 3.8) is 0 Å². The third kappa shape index (κ3) is 7.51. The first-order valence-electron chi connectivity index (χ1n) is 9.43. The largest absolute Gasteiger partial charge is 0.491 e. The van der Waals surface area contributed by atoms with Crippen molar-refractivity contribution in [3.8, 4) is 5.75 Å². The van der Waals surface area contributed by atoms with Gasteiger partial charge < -0.3 is 14.9 Å². The summed E-state index contributed by atoms with van der Waals surface area (Å²) in [6.07, 6.45) is 0.675. The van der Waals surface area contributed by atoms with Crippen LogP contribution < -0.4 is 4.74 Å². The molecule has 1 atom stereocenters. The van der Waals surface area contributed by atoms with E-state index in [-0.39, 0.29) is 19.0 Å². The zero-order chi connectivity index (χ0) is 19.5. The highest BCUT2D eigenvalue weighted by Crippen LogP contribution is 2.14. The van der Waals surface area contributed by atoms with Gasteiger partial charge >= 0.3 is 0 Å². The molecule has 5 nitrogen and oxygen atoms in total. The summed E-state index contributed by atoms with van der Waals surface area (Å²) in [7, 11) is 0. The van der Waals surface area contributed by atoms with Crippen LogP contribution in [0, 0.1) is 0 Å². The van der Waals surface area contributed by atoms with Crippen LogP contribution in [0.2, 0.25) is 0 Å². The zero-order valence-corrected chi connectivity index (χ0v) is 15.9. The smallest absolute Gasteiger partial charge is 0.162 e. The van der Waals surface area contributed by atoms with E-state index in [0.717, 1.165) is 13.0 Å². The van der Waals surface area contributed by atoms with Crippen LogP contribution in [0.25, 0.3) is 0 Å². The van der Waals surface area contributed by atoms with E-state index in [4.69, 9.17) is 4.74 Å². The summed E-state index contributed by atoms with van der Waals surface area (Å²) in [5.74, 6) is 0.722. The molecule has 27 heavy (non-hydrogen) atoms. The maximum Gasteiger partial charge on any atom is 0.162 e. The summed E-state index contributed by atoms with van der Waals surface area (Å²) in [5.41, 5.74) is 1.90. The lowest BCUT2D eigenvalue weighted by Crippen LogP contribution is -2.38. The molecule has 0 amide bonds. The summed E-state index contributed by atoms with van der Waals surface area (Å²) in [5, 5.41) is 19.5. The Kier molecular flexibility index (Phi) is 8.98. The van der Waals surface area contributed by atoms with Gasteiger partial charge in [0.1, 0.15) is 18.5 Å². The zero-order valence-electron chi connectivity index (χ0n) is 15.9. The summed E-state index contributed by atoms with van der Waals surface area (Å²) in [4.78, 5) is 13.7. The number of ketones is 1. The number of carbonyl (C=O) groups is 1. The highest BCUT2D eigenvalue weighted by molar-refractivity contribution is 5.95. The molecule has 0 heterocycles. The van der Waals surface area contributed by atoms with Gasteiger partial charge in [-0.15, -0.1) is 0 Å². The first kappa shape index (κ1) is 21.1. The van der Waals surface area contributed by atoms with Gasteiger partial charge in [-0.2, -0.15) is 0 Å². The van der Waals surface area contributed by atoms with Crippen LogP contribution in [0.15, 0.2) is 54.6 Å². The van der Waals surface area contributed by atoms with E-state index in [0.29, 0.717) is 30.8 Å². The van der Waals surface area contributed by atoms with E-state index in [1.54, 1.807) is 24.3 Å². The van der Waals surface area contributed by atoms with Gasteiger partial charge in [-0.25, -0.2) is 0 Å². The minimum Gasteiger partial charge on any atom is -0.491 e. The lowest BCUT2D eigenvalue weighted by molar-refractivity contribution is 0.0622. The number of hydrogen-bond donors (Lipinski definition) is 2. The Bertz CT molecular complexity index is 672. The molecule has 0 aliphatic heterocycles. The predicted octanol–water partition coefficient (Wildman–Crippen LogP) is 2.56. The quantitative estimate of drug-likeness (QED) is 0.561. The molecule has 0 saturated carbocycles. The second-order valence-corrected chi connectivity index (χ2v) is 6.53. The van der Waals surface area contributed by atoms with Crippen LogP contribution in [0.3, 0.4) is 0 Å². The molecule has 2 N–H and O–H groups in total. The first-order valence-corrected chi connectivity index (χ1v) is 9.43. The van der Waals surface area contributed by atoms with E-state index in [2.05, 4.69) is 12.1 Å². The Labute approximate surface area is 161 Å². The van der Waals surface area contributed by atoms with Gasteiger partial charge in [0.25, 0.3) is 0 Å². The van der Waals surface area contributed by atoms with Crippen molar-refractivity contribution in [3.05, 3.63) is 65.7 Å². The fourth-order valence-electron chi connectivity index (χ4n) is 2.85. The molecule has 0 aliphatic rings. The van der Waals surface area contributed by atoms with Crippen molar-refractivity contribution in [1.82, 2.24) is 4.90 Å². The highest BCUT2D eigenvalue weighted by atomic mass is 16.5. The number of carbonyl (C=O) groups excluding carboxylic acids is 1. The van der Waals surface area contributed by atoms with Crippen LogP contribution in [0.5, 0.6) is 5.75 Å². The molecule has 2 aromatic rings. The normalized spacial score (nSPS) is 12.1. The number of Topliss-reactive ketones (excluding diaryl/α,β-unsaturated/α-hetero) is 1. The van der Waals surface area contributed by atoms with Crippen LogP contribution in [0.4, 0.5) is 0 Å². The van der Waals surface area contributed by atoms with Crippen LogP contribution in [-0.2, 0) is 6.42 Å². The van der Waals surface area contributed by atoms with Crippen LogP contribution >= 0.6 is 0 Å². The van der Waals surface area contributed by atoms with E-state index < -0.39 is 6.10 Å². The predicted molar refractivity (Wildman–Crippen MR) is 106 cm³/mol. The highest BCUT2D eigenvalue weighted by Gasteiger charge is 2.13. The molecule has 1 unspecified atom stereocenters. The number of aliphatic hydroxyl groups is 2. The van der Waals surface area contributed by atoms with Crippen LogP contribution in [-0.4, -0.2) is 59.8 Å². The molecule has 0 fully saturated rings. The van der Waals surface area contributed by atoms with Crippen molar-refractivity contribution in [2.24, 2.45) is 0 Å².